The molecule has 0 saturated carbocycles. The van der Waals surface area contributed by atoms with Crippen molar-refractivity contribution < 1.29 is 4.74 Å². The van der Waals surface area contributed by atoms with Gasteiger partial charge in [0, 0.05) is 26.2 Å². The van der Waals surface area contributed by atoms with Gasteiger partial charge in [-0.25, -0.2) is 0 Å². The molecular weight excluding hydrogens is 164 g/mol. The molecule has 1 N–H and O–H groups in total. The van der Waals surface area contributed by atoms with Crippen LogP contribution in [0.1, 0.15) is 20.8 Å². The quantitative estimate of drug-likeness (QED) is 0.702. The van der Waals surface area contributed by atoms with Crippen molar-refractivity contribution in [2.75, 3.05) is 33.2 Å². The smallest absolute Gasteiger partial charge is 0.0757 e. The highest BCUT2D eigenvalue weighted by Gasteiger charge is 2.30. The average molecular weight is 186 g/mol. The molecule has 0 amide bonds. The molecule has 1 saturated heterocycles. The Morgan fingerprint density at radius 3 is 2.77 bits per heavy atom. The first kappa shape index (κ1) is 11.0. The number of nitrogens with zero attached hydrogens (tertiary/aromatic N) is 1. The summed E-state index contributed by atoms with van der Waals surface area (Å²) in [5.74, 6) is 0. The third-order valence-electron chi connectivity index (χ3n) is 2.32. The van der Waals surface area contributed by atoms with E-state index in [0.29, 0.717) is 6.10 Å². The molecule has 0 aromatic carbocycles. The van der Waals surface area contributed by atoms with Gasteiger partial charge in [-0.05, 0) is 27.8 Å². The Balaban J connectivity index is 2.38. The molecule has 1 heterocycles. The summed E-state index contributed by atoms with van der Waals surface area (Å²) in [6.45, 7) is 10.7. The average Bonchev–Trinajstić information content (AvgIpc) is 1.97. The second-order valence-corrected chi connectivity index (χ2v) is 4.53. The van der Waals surface area contributed by atoms with Crippen LogP contribution in [0.3, 0.4) is 0 Å². The van der Waals surface area contributed by atoms with Crippen molar-refractivity contribution in [3.63, 3.8) is 0 Å². The third kappa shape index (κ3) is 3.63. The Labute approximate surface area is 81.4 Å². The van der Waals surface area contributed by atoms with Gasteiger partial charge in [-0.1, -0.05) is 0 Å². The predicted octanol–water partition coefficient (Wildman–Crippen LogP) is 0.705. The topological polar surface area (TPSA) is 24.5 Å². The number of morpholine rings is 1. The zero-order valence-corrected chi connectivity index (χ0v) is 9.26. The van der Waals surface area contributed by atoms with Crippen molar-refractivity contribution in [2.45, 2.75) is 32.5 Å². The van der Waals surface area contributed by atoms with E-state index in [1.165, 1.54) is 0 Å². The van der Waals surface area contributed by atoms with E-state index in [-0.39, 0.29) is 5.60 Å². The second-order valence-electron chi connectivity index (χ2n) is 4.53. The minimum absolute atomic E-state index is 0.0193. The maximum Gasteiger partial charge on any atom is 0.0757 e. The second kappa shape index (κ2) is 4.40. The van der Waals surface area contributed by atoms with Crippen LogP contribution in [-0.4, -0.2) is 49.8 Å². The standard InChI is InChI=1S/C10H22N2O/c1-9-7-12(6-5-11-4)8-10(2,3)13-9/h9,11H,5-8H2,1-4H3. The molecule has 3 nitrogen and oxygen atoms in total. The summed E-state index contributed by atoms with van der Waals surface area (Å²) in [7, 11) is 2.00. The lowest BCUT2D eigenvalue weighted by Gasteiger charge is -2.41. The van der Waals surface area contributed by atoms with Crippen molar-refractivity contribution >= 4 is 0 Å². The summed E-state index contributed by atoms with van der Waals surface area (Å²) in [4.78, 5) is 2.46. The molecule has 13 heavy (non-hydrogen) atoms. The minimum Gasteiger partial charge on any atom is -0.370 e. The number of hydrogen-bond acceptors (Lipinski definition) is 3. The number of rotatable bonds is 3. The molecule has 0 spiro atoms. The first-order chi connectivity index (χ1) is 6.03. The molecule has 1 atom stereocenters. The van der Waals surface area contributed by atoms with Crippen LogP contribution in [0.25, 0.3) is 0 Å². The summed E-state index contributed by atoms with van der Waals surface area (Å²) >= 11 is 0. The van der Waals surface area contributed by atoms with Crippen molar-refractivity contribution in [3.8, 4) is 0 Å². The molecular formula is C10H22N2O. The van der Waals surface area contributed by atoms with Gasteiger partial charge >= 0.3 is 0 Å². The number of nitrogens with one attached hydrogen (secondary N) is 1. The fourth-order valence-corrected chi connectivity index (χ4v) is 2.03. The Kier molecular flexibility index (Phi) is 3.71. The van der Waals surface area contributed by atoms with Gasteiger partial charge in [0.05, 0.1) is 11.7 Å². The van der Waals surface area contributed by atoms with Crippen LogP contribution in [-0.2, 0) is 4.74 Å². The van der Waals surface area contributed by atoms with Crippen molar-refractivity contribution in [3.05, 3.63) is 0 Å². The lowest BCUT2D eigenvalue weighted by Crippen LogP contribution is -2.52. The van der Waals surface area contributed by atoms with E-state index in [1.54, 1.807) is 0 Å². The van der Waals surface area contributed by atoms with Crippen molar-refractivity contribution in [2.24, 2.45) is 0 Å². The van der Waals surface area contributed by atoms with E-state index in [4.69, 9.17) is 4.74 Å². The van der Waals surface area contributed by atoms with E-state index < -0.39 is 0 Å². The Morgan fingerprint density at radius 1 is 1.54 bits per heavy atom. The van der Waals surface area contributed by atoms with Crippen molar-refractivity contribution in [1.82, 2.24) is 10.2 Å². The minimum atomic E-state index is 0.0193. The van der Waals surface area contributed by atoms with Gasteiger partial charge in [-0.2, -0.15) is 0 Å². The first-order valence-corrected chi connectivity index (χ1v) is 5.08. The summed E-state index contributed by atoms with van der Waals surface area (Å²) in [6.07, 6.45) is 0.362. The summed E-state index contributed by atoms with van der Waals surface area (Å²) < 4.78 is 5.82. The molecule has 1 rings (SSSR count). The first-order valence-electron chi connectivity index (χ1n) is 5.08. The Hall–Kier alpha value is -0.120. The van der Waals surface area contributed by atoms with E-state index >= 15 is 0 Å². The number of hydrogen-bond donors (Lipinski definition) is 1. The van der Waals surface area contributed by atoms with Crippen LogP contribution >= 0.6 is 0 Å². The van der Waals surface area contributed by atoms with Gasteiger partial charge in [0.1, 0.15) is 0 Å². The molecule has 1 aliphatic rings. The van der Waals surface area contributed by atoms with Gasteiger partial charge in [-0.15, -0.1) is 0 Å². The van der Waals surface area contributed by atoms with Crippen LogP contribution in [0.15, 0.2) is 0 Å². The fraction of sp³-hybridized carbons (Fsp3) is 1.00. The fourth-order valence-electron chi connectivity index (χ4n) is 2.03. The molecule has 0 bridgehead atoms. The van der Waals surface area contributed by atoms with Crippen LogP contribution in [0.5, 0.6) is 0 Å². The zero-order valence-electron chi connectivity index (χ0n) is 9.26. The van der Waals surface area contributed by atoms with E-state index in [1.807, 2.05) is 7.05 Å². The monoisotopic (exact) mass is 186 g/mol. The molecule has 78 valence electrons. The highest BCUT2D eigenvalue weighted by Crippen LogP contribution is 2.19. The van der Waals surface area contributed by atoms with Gasteiger partial charge in [0.15, 0.2) is 0 Å². The molecule has 3 heteroatoms. The van der Waals surface area contributed by atoms with E-state index in [2.05, 4.69) is 31.0 Å². The molecule has 0 radical (unpaired) electrons. The van der Waals surface area contributed by atoms with Crippen LogP contribution in [0.4, 0.5) is 0 Å². The predicted molar refractivity (Wildman–Crippen MR) is 55.0 cm³/mol. The normalized spacial score (nSPS) is 29.1. The highest BCUT2D eigenvalue weighted by molar-refractivity contribution is 4.82. The molecule has 0 aliphatic carbocycles. The summed E-state index contributed by atoms with van der Waals surface area (Å²) in [5, 5.41) is 3.17. The summed E-state index contributed by atoms with van der Waals surface area (Å²) in [5.41, 5.74) is 0.0193. The maximum absolute atomic E-state index is 5.82. The molecule has 1 aliphatic heterocycles. The Morgan fingerprint density at radius 2 is 2.23 bits per heavy atom. The molecule has 0 aromatic rings. The maximum atomic E-state index is 5.82. The summed E-state index contributed by atoms with van der Waals surface area (Å²) in [6, 6.07) is 0. The van der Waals surface area contributed by atoms with Crippen molar-refractivity contribution in [1.29, 1.82) is 0 Å². The highest BCUT2D eigenvalue weighted by atomic mass is 16.5. The van der Waals surface area contributed by atoms with Gasteiger partial charge < -0.3 is 10.1 Å². The molecule has 0 aromatic heterocycles. The van der Waals surface area contributed by atoms with E-state index in [0.717, 1.165) is 26.2 Å². The van der Waals surface area contributed by atoms with Gasteiger partial charge in [0.25, 0.3) is 0 Å². The number of ether oxygens (including phenoxy) is 1. The van der Waals surface area contributed by atoms with Crippen LogP contribution in [0, 0.1) is 0 Å². The number of likely N-dealkylation sites (N-methyl/N-ethyl adjacent to an activating group) is 1. The largest absolute Gasteiger partial charge is 0.370 e. The molecule has 1 unspecified atom stereocenters. The van der Waals surface area contributed by atoms with Crippen LogP contribution < -0.4 is 5.32 Å². The van der Waals surface area contributed by atoms with Gasteiger partial charge in [0.2, 0.25) is 0 Å². The molecule has 1 fully saturated rings. The van der Waals surface area contributed by atoms with E-state index in [9.17, 15) is 0 Å². The lowest BCUT2D eigenvalue weighted by molar-refractivity contribution is -0.128. The third-order valence-corrected chi connectivity index (χ3v) is 2.32. The Bertz CT molecular complexity index is 159. The van der Waals surface area contributed by atoms with Gasteiger partial charge in [-0.3, -0.25) is 4.90 Å². The van der Waals surface area contributed by atoms with Crippen LogP contribution in [0.2, 0.25) is 0 Å². The SMILES string of the molecule is CNCCN1CC(C)OC(C)(C)C1. The lowest BCUT2D eigenvalue weighted by atomic mass is 10.1. The zero-order chi connectivity index (χ0) is 9.90.